The lowest BCUT2D eigenvalue weighted by Crippen LogP contribution is -2.43. The number of rotatable bonds is 8. The summed E-state index contributed by atoms with van der Waals surface area (Å²) in [5, 5.41) is 17.9. The number of aliphatic carboxylic acids is 1. The van der Waals surface area contributed by atoms with E-state index in [4.69, 9.17) is 0 Å². The van der Waals surface area contributed by atoms with Gasteiger partial charge in [-0.05, 0) is 73.8 Å². The van der Waals surface area contributed by atoms with Crippen LogP contribution in [-0.2, 0) is 9.59 Å². The Morgan fingerprint density at radius 3 is 2.35 bits per heavy atom. The van der Waals surface area contributed by atoms with Gasteiger partial charge in [0.2, 0.25) is 5.91 Å². The van der Waals surface area contributed by atoms with E-state index in [2.05, 4.69) is 59.4 Å². The Kier molecular flexibility index (Phi) is 6.61. The van der Waals surface area contributed by atoms with E-state index in [0.29, 0.717) is 6.42 Å². The number of hydrogen-bond donors (Lipinski definition) is 2. The number of amides is 1. The number of likely N-dealkylation sites (tertiary alicyclic amines) is 1. The van der Waals surface area contributed by atoms with E-state index in [9.17, 15) is 14.7 Å². The Balaban J connectivity index is 1.17. The van der Waals surface area contributed by atoms with Gasteiger partial charge in [0.15, 0.2) is 0 Å². The molecule has 1 amide bonds. The third-order valence-electron chi connectivity index (χ3n) is 8.30. The van der Waals surface area contributed by atoms with Crippen molar-refractivity contribution < 1.29 is 14.7 Å². The normalized spacial score (nSPS) is 28.9. The Morgan fingerprint density at radius 1 is 1.00 bits per heavy atom. The van der Waals surface area contributed by atoms with E-state index in [1.807, 2.05) is 24.3 Å². The Hall–Kier alpha value is -3.54. The zero-order valence-electron chi connectivity index (χ0n) is 21.8. The fourth-order valence-corrected chi connectivity index (χ4v) is 5.43. The van der Waals surface area contributed by atoms with E-state index in [0.717, 1.165) is 54.5 Å². The number of carboxylic acid groups (broad SMARTS) is 1. The summed E-state index contributed by atoms with van der Waals surface area (Å²) in [6.07, 6.45) is 17.2. The number of nitrogens with zero attached hydrogens (tertiary/aromatic N) is 1. The van der Waals surface area contributed by atoms with Crippen molar-refractivity contribution in [1.29, 1.82) is 0 Å². The van der Waals surface area contributed by atoms with Gasteiger partial charge in [-0.3, -0.25) is 4.79 Å². The molecule has 2 fully saturated rings. The van der Waals surface area contributed by atoms with Gasteiger partial charge < -0.3 is 25.4 Å². The lowest BCUT2D eigenvalue weighted by atomic mass is 9.71. The zero-order valence-corrected chi connectivity index (χ0v) is 21.8. The molecule has 1 saturated heterocycles. The van der Waals surface area contributed by atoms with Crippen molar-refractivity contribution in [3.63, 3.8) is 0 Å². The number of carbonyl (C=O) groups excluding carboxylic acids is 2. The van der Waals surface area contributed by atoms with Crippen molar-refractivity contribution in [2.45, 2.75) is 64.3 Å². The van der Waals surface area contributed by atoms with Crippen LogP contribution in [-0.4, -0.2) is 29.4 Å². The highest BCUT2D eigenvalue weighted by molar-refractivity contribution is 5.84. The summed E-state index contributed by atoms with van der Waals surface area (Å²) >= 11 is 0. The van der Waals surface area contributed by atoms with Gasteiger partial charge in [-0.1, -0.05) is 62.9 Å². The summed E-state index contributed by atoms with van der Waals surface area (Å²) in [4.78, 5) is 26.7. The Morgan fingerprint density at radius 2 is 1.76 bits per heavy atom. The summed E-state index contributed by atoms with van der Waals surface area (Å²) in [5.74, 6) is 0.396. The molecule has 0 spiro atoms. The first kappa shape index (κ1) is 25.1. The number of hydrogen-bond acceptors (Lipinski definition) is 5. The van der Waals surface area contributed by atoms with Gasteiger partial charge in [0.05, 0.1) is 11.8 Å². The fourth-order valence-electron chi connectivity index (χ4n) is 5.43. The van der Waals surface area contributed by atoms with Gasteiger partial charge in [-0.2, -0.15) is 0 Å². The predicted octanol–water partition coefficient (Wildman–Crippen LogP) is 4.52. The maximum Gasteiger partial charge on any atom is 0.247 e. The van der Waals surface area contributed by atoms with E-state index in [1.54, 1.807) is 13.0 Å². The predicted molar refractivity (Wildman–Crippen MR) is 144 cm³/mol. The van der Waals surface area contributed by atoms with Crippen molar-refractivity contribution in [1.82, 2.24) is 10.2 Å². The molecule has 0 radical (unpaired) electrons. The first-order valence-corrected chi connectivity index (χ1v) is 13.3. The van der Waals surface area contributed by atoms with Crippen molar-refractivity contribution in [2.24, 2.45) is 10.8 Å². The highest BCUT2D eigenvalue weighted by Crippen LogP contribution is 2.42. The molecule has 6 nitrogen and oxygen atoms in total. The van der Waals surface area contributed by atoms with Crippen molar-refractivity contribution in [3.05, 3.63) is 90.0 Å². The summed E-state index contributed by atoms with van der Waals surface area (Å²) in [6, 6.07) is 8.28. The average Bonchev–Trinajstić information content (AvgIpc) is 3.61. The number of anilines is 1. The van der Waals surface area contributed by atoms with E-state index < -0.39 is 11.4 Å². The molecular weight excluding hydrogens is 462 g/mol. The van der Waals surface area contributed by atoms with Crippen LogP contribution in [0, 0.1) is 10.8 Å². The second-order valence-corrected chi connectivity index (χ2v) is 11.3. The molecule has 194 valence electrons. The number of carboxylic acids is 1. The molecule has 4 aliphatic rings. The highest BCUT2D eigenvalue weighted by atomic mass is 16.4. The van der Waals surface area contributed by atoms with Gasteiger partial charge in [-0.15, -0.1) is 0 Å². The van der Waals surface area contributed by atoms with Crippen LogP contribution in [0.25, 0.3) is 0 Å². The molecular formula is C31H36N3O3-. The smallest absolute Gasteiger partial charge is 0.247 e. The van der Waals surface area contributed by atoms with Crippen LogP contribution in [0.2, 0.25) is 0 Å². The molecule has 37 heavy (non-hydrogen) atoms. The molecule has 5 rings (SSSR count). The summed E-state index contributed by atoms with van der Waals surface area (Å²) < 4.78 is 0. The molecule has 1 aromatic rings. The van der Waals surface area contributed by atoms with E-state index >= 15 is 0 Å². The minimum Gasteiger partial charge on any atom is -0.549 e. The van der Waals surface area contributed by atoms with Crippen LogP contribution < -0.4 is 15.7 Å². The van der Waals surface area contributed by atoms with Crippen LogP contribution in [0.5, 0.6) is 0 Å². The first-order chi connectivity index (χ1) is 17.7. The largest absolute Gasteiger partial charge is 0.549 e. The van der Waals surface area contributed by atoms with Gasteiger partial charge in [-0.25, -0.2) is 0 Å². The van der Waals surface area contributed by atoms with E-state index in [-0.39, 0.29) is 17.4 Å². The van der Waals surface area contributed by atoms with E-state index in [1.165, 1.54) is 18.4 Å². The summed E-state index contributed by atoms with van der Waals surface area (Å²) in [6.45, 7) is 8.83. The van der Waals surface area contributed by atoms with Gasteiger partial charge >= 0.3 is 0 Å². The summed E-state index contributed by atoms with van der Waals surface area (Å²) in [7, 11) is 0. The number of allylic oxidation sites excluding steroid dienone is 6. The molecule has 1 heterocycles. The maximum atomic E-state index is 13.2. The molecule has 3 atom stereocenters. The molecule has 1 aliphatic heterocycles. The van der Waals surface area contributed by atoms with Gasteiger partial charge in [0.25, 0.3) is 0 Å². The number of benzene rings is 1. The third-order valence-corrected chi connectivity index (χ3v) is 8.30. The second-order valence-electron chi connectivity index (χ2n) is 11.3. The lowest BCUT2D eigenvalue weighted by Gasteiger charge is -2.35. The molecule has 1 saturated carbocycles. The first-order valence-electron chi connectivity index (χ1n) is 13.3. The van der Waals surface area contributed by atoms with Crippen molar-refractivity contribution >= 4 is 17.6 Å². The highest BCUT2D eigenvalue weighted by Gasteiger charge is 2.34. The quantitative estimate of drug-likeness (QED) is 0.551. The molecule has 3 aliphatic carbocycles. The Bertz CT molecular complexity index is 1220. The van der Waals surface area contributed by atoms with Gasteiger partial charge in [0.1, 0.15) is 6.04 Å². The third kappa shape index (κ3) is 5.29. The average molecular weight is 499 g/mol. The fraction of sp³-hybridized carbons (Fsp3) is 0.419. The molecule has 0 bridgehead atoms. The number of nitrogens with one attached hydrogen (secondary N) is 2. The standard InChI is InChI=1S/C31H37N3O3/c1-21(32-25-10-8-23(9-11-25)22-6-7-22)34-20-4-5-27(34)28(35)33-26-14-18-30(2,19-15-26)24-12-16-31(3,17-13-24)29(36)37/h8-16,18,22,27,32H,1,4-7,17,19-20H2,2-3H3,(H,33,35)(H,36,37)/p-1/t27-,30?,31?/m1/s1. The number of carbonyl (C=O) groups is 2. The lowest BCUT2D eigenvalue weighted by molar-refractivity contribution is -0.315. The molecule has 0 aromatic heterocycles. The maximum absolute atomic E-state index is 13.2. The van der Waals surface area contributed by atoms with Crippen molar-refractivity contribution in [2.75, 3.05) is 11.9 Å². The Labute approximate surface area is 219 Å². The molecule has 2 unspecified atom stereocenters. The SMILES string of the molecule is C=C(Nc1ccc(C2CC2)cc1)N1CCC[C@@H]1C(=O)NC1=CCC(C)(C2=CCC(C)(C(=O)[O-])C=C2)C=C1. The van der Waals surface area contributed by atoms with Crippen LogP contribution >= 0.6 is 0 Å². The minimum absolute atomic E-state index is 0.0227. The van der Waals surface area contributed by atoms with Crippen molar-refractivity contribution in [3.8, 4) is 0 Å². The molecule has 1 aromatic carbocycles. The van der Waals surface area contributed by atoms with Crippen LogP contribution in [0.3, 0.4) is 0 Å². The summed E-state index contributed by atoms with van der Waals surface area (Å²) in [5.41, 5.74) is 3.06. The van der Waals surface area contributed by atoms with Gasteiger partial charge in [0, 0.05) is 28.8 Å². The van der Waals surface area contributed by atoms with Crippen LogP contribution in [0.4, 0.5) is 5.69 Å². The molecule has 2 N–H and O–H groups in total. The monoisotopic (exact) mass is 498 g/mol. The van der Waals surface area contributed by atoms with Crippen LogP contribution in [0.15, 0.2) is 84.4 Å². The zero-order chi connectivity index (χ0) is 26.2. The topological polar surface area (TPSA) is 84.5 Å². The minimum atomic E-state index is -1.06. The van der Waals surface area contributed by atoms with Crippen LogP contribution in [0.1, 0.15) is 63.9 Å². The molecule has 6 heteroatoms. The second kappa shape index (κ2) is 9.73.